The minimum atomic E-state index is -0.414. The summed E-state index contributed by atoms with van der Waals surface area (Å²) in [5.74, 6) is -0.414. The molecule has 0 aromatic heterocycles. The van der Waals surface area contributed by atoms with E-state index in [2.05, 4.69) is 23.4 Å². The molecule has 0 spiro atoms. The number of carbonyl (C=O) groups is 1. The Bertz CT molecular complexity index is 648. The van der Waals surface area contributed by atoms with E-state index in [-0.39, 0.29) is 0 Å². The second-order valence-corrected chi connectivity index (χ2v) is 4.14. The van der Waals surface area contributed by atoms with Crippen molar-refractivity contribution in [1.82, 2.24) is 0 Å². The standard InChI is InChI=1S/C15H11NO2/c1-10(17)18-16-15-8-4-7-13-12-6-3-2-5-11(12)9-14(13)15/h2-9H,1H3. The summed E-state index contributed by atoms with van der Waals surface area (Å²) in [6, 6.07) is 8.15. The largest absolute Gasteiger partial charge is 0.332 e. The third-order valence-corrected chi connectivity index (χ3v) is 2.91. The highest BCUT2D eigenvalue weighted by atomic mass is 16.7. The number of hydrogen-bond acceptors (Lipinski definition) is 3. The fourth-order valence-electron chi connectivity index (χ4n) is 2.16. The summed E-state index contributed by atoms with van der Waals surface area (Å²) in [5.41, 5.74) is 5.16. The Hall–Kier alpha value is -2.42. The van der Waals surface area contributed by atoms with Crippen molar-refractivity contribution in [2.24, 2.45) is 5.16 Å². The van der Waals surface area contributed by atoms with Crippen molar-refractivity contribution >= 4 is 23.3 Å². The van der Waals surface area contributed by atoms with E-state index in [1.807, 2.05) is 30.4 Å². The Kier molecular flexibility index (Phi) is 2.45. The van der Waals surface area contributed by atoms with Crippen LogP contribution in [-0.2, 0) is 9.63 Å². The van der Waals surface area contributed by atoms with Crippen LogP contribution in [0.25, 0.3) is 11.6 Å². The van der Waals surface area contributed by atoms with Gasteiger partial charge >= 0.3 is 5.97 Å². The molecule has 0 N–H and O–H groups in total. The van der Waals surface area contributed by atoms with Gasteiger partial charge in [-0.25, -0.2) is 4.79 Å². The van der Waals surface area contributed by atoms with Gasteiger partial charge in [0.2, 0.25) is 0 Å². The minimum Gasteiger partial charge on any atom is -0.318 e. The fourth-order valence-corrected chi connectivity index (χ4v) is 2.16. The van der Waals surface area contributed by atoms with Crippen molar-refractivity contribution in [2.45, 2.75) is 6.92 Å². The predicted molar refractivity (Wildman–Crippen MR) is 70.7 cm³/mol. The van der Waals surface area contributed by atoms with Gasteiger partial charge in [-0.1, -0.05) is 41.6 Å². The van der Waals surface area contributed by atoms with E-state index < -0.39 is 5.97 Å². The van der Waals surface area contributed by atoms with Crippen molar-refractivity contribution in [1.29, 1.82) is 0 Å². The molecule has 2 aliphatic rings. The zero-order chi connectivity index (χ0) is 12.5. The molecule has 0 bridgehead atoms. The number of rotatable bonds is 1. The second-order valence-electron chi connectivity index (χ2n) is 4.14. The Morgan fingerprint density at radius 3 is 2.89 bits per heavy atom. The van der Waals surface area contributed by atoms with Crippen LogP contribution >= 0.6 is 0 Å². The molecule has 0 amide bonds. The number of fused-ring (bicyclic) bond motifs is 3. The molecule has 3 heteroatoms. The van der Waals surface area contributed by atoms with Crippen LogP contribution in [0.15, 0.2) is 53.2 Å². The van der Waals surface area contributed by atoms with Crippen LogP contribution in [0.3, 0.4) is 0 Å². The number of benzene rings is 1. The average Bonchev–Trinajstić information content (AvgIpc) is 2.75. The Labute approximate surface area is 105 Å². The number of allylic oxidation sites excluding steroid dienone is 5. The molecule has 3 rings (SSSR count). The summed E-state index contributed by atoms with van der Waals surface area (Å²) in [5, 5.41) is 3.88. The molecular weight excluding hydrogens is 226 g/mol. The smallest absolute Gasteiger partial charge is 0.318 e. The predicted octanol–water partition coefficient (Wildman–Crippen LogP) is 2.96. The summed E-state index contributed by atoms with van der Waals surface area (Å²) < 4.78 is 0. The monoisotopic (exact) mass is 237 g/mol. The molecule has 1 aromatic carbocycles. The third-order valence-electron chi connectivity index (χ3n) is 2.91. The molecule has 0 aliphatic heterocycles. The molecule has 18 heavy (non-hydrogen) atoms. The van der Waals surface area contributed by atoms with Gasteiger partial charge in [0.25, 0.3) is 0 Å². The highest BCUT2D eigenvalue weighted by molar-refractivity contribution is 6.25. The van der Waals surface area contributed by atoms with Crippen molar-refractivity contribution in [3.63, 3.8) is 0 Å². The Balaban J connectivity index is 2.03. The molecule has 0 radical (unpaired) electrons. The minimum absolute atomic E-state index is 0.414. The molecule has 88 valence electrons. The van der Waals surface area contributed by atoms with Crippen molar-refractivity contribution in [2.75, 3.05) is 0 Å². The topological polar surface area (TPSA) is 38.7 Å². The highest BCUT2D eigenvalue weighted by Crippen LogP contribution is 2.37. The Morgan fingerprint density at radius 1 is 1.22 bits per heavy atom. The van der Waals surface area contributed by atoms with Gasteiger partial charge in [-0.15, -0.1) is 0 Å². The first-order chi connectivity index (χ1) is 8.75. The number of oxime groups is 1. The van der Waals surface area contributed by atoms with Crippen molar-refractivity contribution < 1.29 is 9.63 Å². The summed E-state index contributed by atoms with van der Waals surface area (Å²) in [4.78, 5) is 15.5. The summed E-state index contributed by atoms with van der Waals surface area (Å²) in [6.45, 7) is 1.34. The molecule has 0 saturated heterocycles. The second kappa shape index (κ2) is 4.11. The molecule has 3 nitrogen and oxygen atoms in total. The van der Waals surface area contributed by atoms with Crippen LogP contribution < -0.4 is 0 Å². The van der Waals surface area contributed by atoms with Gasteiger partial charge in [-0.2, -0.15) is 0 Å². The van der Waals surface area contributed by atoms with Gasteiger partial charge < -0.3 is 4.84 Å². The third kappa shape index (κ3) is 1.70. The number of nitrogens with zero attached hydrogens (tertiary/aromatic N) is 1. The quantitative estimate of drug-likeness (QED) is 0.556. The lowest BCUT2D eigenvalue weighted by Crippen LogP contribution is -2.04. The lowest BCUT2D eigenvalue weighted by atomic mass is 9.96. The lowest BCUT2D eigenvalue weighted by Gasteiger charge is -2.10. The first kappa shape index (κ1) is 10.7. The summed E-state index contributed by atoms with van der Waals surface area (Å²) in [6.07, 6.45) is 7.86. The van der Waals surface area contributed by atoms with Crippen LogP contribution in [0.5, 0.6) is 0 Å². The average molecular weight is 237 g/mol. The van der Waals surface area contributed by atoms with Crippen LogP contribution in [0.1, 0.15) is 18.1 Å². The molecular formula is C15H11NO2. The van der Waals surface area contributed by atoms with Gasteiger partial charge in [-0.3, -0.25) is 0 Å². The fraction of sp³-hybridized carbons (Fsp3) is 0.0667. The van der Waals surface area contributed by atoms with E-state index in [4.69, 9.17) is 4.84 Å². The van der Waals surface area contributed by atoms with Crippen LogP contribution in [0, 0.1) is 0 Å². The van der Waals surface area contributed by atoms with Crippen LogP contribution in [0.4, 0.5) is 0 Å². The van der Waals surface area contributed by atoms with Crippen molar-refractivity contribution in [3.05, 3.63) is 59.2 Å². The van der Waals surface area contributed by atoms with Crippen LogP contribution in [-0.4, -0.2) is 11.7 Å². The zero-order valence-corrected chi connectivity index (χ0v) is 9.88. The molecule has 1 aromatic rings. The lowest BCUT2D eigenvalue weighted by molar-refractivity contribution is -0.140. The number of carbonyl (C=O) groups excluding carboxylic acids is 1. The SMILES string of the molecule is CC(=O)ON=C1C=CC=C2C1=Cc1ccccc12. The zero-order valence-electron chi connectivity index (χ0n) is 9.88. The van der Waals surface area contributed by atoms with Gasteiger partial charge in [0, 0.05) is 12.5 Å². The summed E-state index contributed by atoms with van der Waals surface area (Å²) in [7, 11) is 0. The molecule has 0 fully saturated rings. The number of hydrogen-bond donors (Lipinski definition) is 0. The van der Waals surface area contributed by atoms with E-state index in [1.165, 1.54) is 12.5 Å². The van der Waals surface area contributed by atoms with Gasteiger partial charge in [-0.05, 0) is 28.9 Å². The molecule has 0 saturated carbocycles. The van der Waals surface area contributed by atoms with E-state index in [1.54, 1.807) is 0 Å². The maximum atomic E-state index is 10.8. The van der Waals surface area contributed by atoms with Gasteiger partial charge in [0.1, 0.15) is 5.71 Å². The van der Waals surface area contributed by atoms with Gasteiger partial charge in [0.15, 0.2) is 0 Å². The summed E-state index contributed by atoms with van der Waals surface area (Å²) >= 11 is 0. The Morgan fingerprint density at radius 2 is 2.06 bits per heavy atom. The molecule has 2 aliphatic carbocycles. The van der Waals surface area contributed by atoms with E-state index in [0.717, 1.165) is 16.7 Å². The van der Waals surface area contributed by atoms with E-state index in [0.29, 0.717) is 5.71 Å². The maximum Gasteiger partial charge on any atom is 0.332 e. The molecule has 0 unspecified atom stereocenters. The van der Waals surface area contributed by atoms with E-state index >= 15 is 0 Å². The highest BCUT2D eigenvalue weighted by Gasteiger charge is 2.23. The maximum absolute atomic E-state index is 10.8. The van der Waals surface area contributed by atoms with Gasteiger partial charge in [0.05, 0.1) is 0 Å². The molecule has 0 atom stereocenters. The first-order valence-electron chi connectivity index (χ1n) is 5.71. The normalized spacial score (nSPS) is 17.9. The molecule has 0 heterocycles. The van der Waals surface area contributed by atoms with Crippen molar-refractivity contribution in [3.8, 4) is 0 Å². The van der Waals surface area contributed by atoms with Crippen LogP contribution in [0.2, 0.25) is 0 Å². The first-order valence-corrected chi connectivity index (χ1v) is 5.71. The van der Waals surface area contributed by atoms with E-state index in [9.17, 15) is 4.79 Å².